The van der Waals surface area contributed by atoms with E-state index >= 15 is 0 Å². The maximum Gasteiger partial charge on any atom is 0.343 e. The Morgan fingerprint density at radius 3 is 2.56 bits per heavy atom. The maximum absolute atomic E-state index is 13.5. The fourth-order valence-electron chi connectivity index (χ4n) is 2.42. The molecular formula is C13H21FO4. The number of ether oxygens (including phenoxy) is 3. The van der Waals surface area contributed by atoms with E-state index in [-0.39, 0.29) is 0 Å². The summed E-state index contributed by atoms with van der Waals surface area (Å²) in [7, 11) is 0. The van der Waals surface area contributed by atoms with Crippen LogP contribution in [-0.4, -0.2) is 36.7 Å². The minimum atomic E-state index is -1.98. The minimum absolute atomic E-state index is 0.492. The lowest BCUT2D eigenvalue weighted by Gasteiger charge is -2.45. The average Bonchev–Trinajstić information content (AvgIpc) is 2.32. The molecule has 18 heavy (non-hydrogen) atoms. The van der Waals surface area contributed by atoms with Gasteiger partial charge in [0.15, 0.2) is 6.10 Å². The Hall–Kier alpha value is -0.680. The third-order valence-corrected chi connectivity index (χ3v) is 3.45. The summed E-state index contributed by atoms with van der Waals surface area (Å²) < 4.78 is 30.2. The lowest BCUT2D eigenvalue weighted by atomic mass is 9.90. The SMILES string of the molecule is CC(C)(F)C(=O)OC1CCCCC12OCCCO2. The third-order valence-electron chi connectivity index (χ3n) is 3.45. The summed E-state index contributed by atoms with van der Waals surface area (Å²) in [5.41, 5.74) is -1.98. The van der Waals surface area contributed by atoms with E-state index in [1.165, 1.54) is 13.8 Å². The van der Waals surface area contributed by atoms with Gasteiger partial charge in [-0.25, -0.2) is 9.18 Å². The monoisotopic (exact) mass is 260 g/mol. The molecule has 0 N–H and O–H groups in total. The summed E-state index contributed by atoms with van der Waals surface area (Å²) in [5.74, 6) is -1.68. The second-order valence-electron chi connectivity index (χ2n) is 5.47. The summed E-state index contributed by atoms with van der Waals surface area (Å²) >= 11 is 0. The first kappa shape index (κ1) is 13.7. The van der Waals surface area contributed by atoms with Gasteiger partial charge in [0, 0.05) is 6.42 Å². The van der Waals surface area contributed by atoms with Crippen molar-refractivity contribution in [3.8, 4) is 0 Å². The van der Waals surface area contributed by atoms with Crippen LogP contribution < -0.4 is 0 Å². The van der Waals surface area contributed by atoms with E-state index in [2.05, 4.69) is 0 Å². The number of alkyl halides is 1. The van der Waals surface area contributed by atoms with Gasteiger partial charge in [-0.15, -0.1) is 0 Å². The van der Waals surface area contributed by atoms with Crippen LogP contribution in [0.3, 0.4) is 0 Å². The Bertz CT molecular complexity index is 296. The average molecular weight is 260 g/mol. The van der Waals surface area contributed by atoms with Gasteiger partial charge in [0.05, 0.1) is 13.2 Å². The molecule has 0 amide bonds. The maximum atomic E-state index is 13.5. The van der Waals surface area contributed by atoms with Crippen molar-refractivity contribution in [3.05, 3.63) is 0 Å². The highest BCUT2D eigenvalue weighted by atomic mass is 19.1. The Balaban J connectivity index is 2.06. The molecular weight excluding hydrogens is 239 g/mol. The van der Waals surface area contributed by atoms with Crippen LogP contribution in [0.2, 0.25) is 0 Å². The van der Waals surface area contributed by atoms with E-state index in [1.54, 1.807) is 0 Å². The molecule has 0 radical (unpaired) electrons. The number of halogens is 1. The lowest BCUT2D eigenvalue weighted by Crippen LogP contribution is -2.54. The summed E-state index contributed by atoms with van der Waals surface area (Å²) in [6.07, 6.45) is 3.65. The van der Waals surface area contributed by atoms with Gasteiger partial charge in [-0.1, -0.05) is 0 Å². The highest BCUT2D eigenvalue weighted by Gasteiger charge is 2.48. The zero-order valence-electron chi connectivity index (χ0n) is 11.0. The van der Waals surface area contributed by atoms with Crippen molar-refractivity contribution >= 4 is 5.97 Å². The summed E-state index contributed by atoms with van der Waals surface area (Å²) in [5, 5.41) is 0. The molecule has 1 saturated heterocycles. The van der Waals surface area contributed by atoms with Gasteiger partial charge < -0.3 is 14.2 Å². The van der Waals surface area contributed by atoms with Gasteiger partial charge in [-0.2, -0.15) is 0 Å². The first-order valence-electron chi connectivity index (χ1n) is 6.62. The van der Waals surface area contributed by atoms with Crippen molar-refractivity contribution in [2.24, 2.45) is 0 Å². The standard InChI is InChI=1S/C13H21FO4/c1-12(2,14)11(15)18-10-6-3-4-7-13(10)16-8-5-9-17-13/h10H,3-9H2,1-2H3. The van der Waals surface area contributed by atoms with Crippen LogP contribution in [0, 0.1) is 0 Å². The Morgan fingerprint density at radius 1 is 1.28 bits per heavy atom. The molecule has 5 heteroatoms. The van der Waals surface area contributed by atoms with Crippen molar-refractivity contribution in [1.82, 2.24) is 0 Å². The van der Waals surface area contributed by atoms with Gasteiger partial charge in [-0.05, 0) is 39.5 Å². The number of carbonyl (C=O) groups excluding carboxylic acids is 1. The molecule has 4 nitrogen and oxygen atoms in total. The lowest BCUT2D eigenvalue weighted by molar-refractivity contribution is -0.321. The predicted octanol–water partition coefficient (Wildman–Crippen LogP) is 2.35. The first-order valence-corrected chi connectivity index (χ1v) is 6.62. The van der Waals surface area contributed by atoms with Crippen LogP contribution in [0.1, 0.15) is 46.0 Å². The first-order chi connectivity index (χ1) is 8.44. The summed E-state index contributed by atoms with van der Waals surface area (Å²) in [4.78, 5) is 11.7. The van der Waals surface area contributed by atoms with Crippen molar-refractivity contribution in [1.29, 1.82) is 0 Å². The Morgan fingerprint density at radius 2 is 1.94 bits per heavy atom. The normalized spacial score (nSPS) is 28.1. The molecule has 0 aromatic heterocycles. The molecule has 2 aliphatic rings. The van der Waals surface area contributed by atoms with Gasteiger partial charge in [0.1, 0.15) is 0 Å². The molecule has 104 valence electrons. The summed E-state index contributed by atoms with van der Waals surface area (Å²) in [6.45, 7) is 3.61. The quantitative estimate of drug-likeness (QED) is 0.715. The molecule has 0 bridgehead atoms. The molecule has 1 unspecified atom stereocenters. The highest BCUT2D eigenvalue weighted by Crippen LogP contribution is 2.37. The summed E-state index contributed by atoms with van der Waals surface area (Å²) in [6, 6.07) is 0. The second-order valence-corrected chi connectivity index (χ2v) is 5.47. The van der Waals surface area contributed by atoms with E-state index < -0.39 is 23.5 Å². The van der Waals surface area contributed by atoms with E-state index in [9.17, 15) is 9.18 Å². The van der Waals surface area contributed by atoms with E-state index in [1.807, 2.05) is 0 Å². The van der Waals surface area contributed by atoms with E-state index in [0.717, 1.165) is 19.3 Å². The molecule has 1 saturated carbocycles. The number of hydrogen-bond acceptors (Lipinski definition) is 4. The van der Waals surface area contributed by atoms with E-state index in [4.69, 9.17) is 14.2 Å². The number of carbonyl (C=O) groups is 1. The van der Waals surface area contributed by atoms with Crippen LogP contribution in [0.4, 0.5) is 4.39 Å². The van der Waals surface area contributed by atoms with Crippen molar-refractivity contribution < 1.29 is 23.4 Å². The zero-order chi connectivity index (χ0) is 13.2. The van der Waals surface area contributed by atoms with Gasteiger partial charge in [0.25, 0.3) is 0 Å². The smallest absolute Gasteiger partial charge is 0.343 e. The van der Waals surface area contributed by atoms with Gasteiger partial charge >= 0.3 is 5.97 Å². The molecule has 1 atom stereocenters. The highest BCUT2D eigenvalue weighted by molar-refractivity contribution is 5.78. The van der Waals surface area contributed by atoms with Crippen LogP contribution >= 0.6 is 0 Å². The molecule has 0 aromatic carbocycles. The third kappa shape index (κ3) is 2.83. The Labute approximate surface area is 107 Å². The molecule has 1 heterocycles. The minimum Gasteiger partial charge on any atom is -0.454 e. The number of esters is 1. The van der Waals surface area contributed by atoms with Crippen LogP contribution in [0.25, 0.3) is 0 Å². The fourth-order valence-corrected chi connectivity index (χ4v) is 2.42. The molecule has 1 spiro atoms. The fraction of sp³-hybridized carbons (Fsp3) is 0.923. The van der Waals surface area contributed by atoms with E-state index in [0.29, 0.717) is 26.1 Å². The van der Waals surface area contributed by atoms with Crippen LogP contribution in [0.5, 0.6) is 0 Å². The van der Waals surface area contributed by atoms with Gasteiger partial charge in [-0.3, -0.25) is 0 Å². The van der Waals surface area contributed by atoms with Gasteiger partial charge in [0.2, 0.25) is 11.5 Å². The molecule has 0 aromatic rings. The predicted molar refractivity (Wildman–Crippen MR) is 62.8 cm³/mol. The van der Waals surface area contributed by atoms with Crippen molar-refractivity contribution in [2.75, 3.05) is 13.2 Å². The van der Waals surface area contributed by atoms with Crippen LogP contribution in [-0.2, 0) is 19.0 Å². The van der Waals surface area contributed by atoms with Crippen LogP contribution in [0.15, 0.2) is 0 Å². The number of rotatable bonds is 2. The second kappa shape index (κ2) is 5.13. The zero-order valence-corrected chi connectivity index (χ0v) is 11.0. The molecule has 2 fully saturated rings. The Kier molecular flexibility index (Phi) is 3.92. The van der Waals surface area contributed by atoms with Crippen molar-refractivity contribution in [3.63, 3.8) is 0 Å². The largest absolute Gasteiger partial charge is 0.454 e. The topological polar surface area (TPSA) is 44.8 Å². The molecule has 1 aliphatic heterocycles. The number of hydrogen-bond donors (Lipinski definition) is 0. The molecule has 1 aliphatic carbocycles. The molecule has 2 rings (SSSR count). The van der Waals surface area contributed by atoms with Crippen molar-refractivity contribution in [2.45, 2.75) is 63.5 Å².